The largest absolute Gasteiger partial charge is 0.489 e. The van der Waals surface area contributed by atoms with Crippen molar-refractivity contribution < 1.29 is 19.1 Å². The van der Waals surface area contributed by atoms with Crippen molar-refractivity contribution in [1.82, 2.24) is 25.4 Å². The Kier molecular flexibility index (Phi) is 17.7. The van der Waals surface area contributed by atoms with Gasteiger partial charge in [0.15, 0.2) is 0 Å². The van der Waals surface area contributed by atoms with Crippen molar-refractivity contribution in [3.05, 3.63) is 66.0 Å². The molecule has 2 fully saturated rings. The Bertz CT molecular complexity index is 1240. The highest BCUT2D eigenvalue weighted by Crippen LogP contribution is 2.29. The number of rotatable bonds is 9. The van der Waals surface area contributed by atoms with Crippen LogP contribution in [0, 0.1) is 11.8 Å². The van der Waals surface area contributed by atoms with E-state index in [9.17, 15) is 9.59 Å². The molecule has 13 heteroatoms. The number of pyridine rings is 1. The number of hydrogen-bond donors (Lipinski definition) is 2. The normalized spacial score (nSPS) is 20.1. The zero-order chi connectivity index (χ0) is 29.9. The Balaban J connectivity index is 0.00000245. The number of morpholine rings is 1. The van der Waals surface area contributed by atoms with Crippen molar-refractivity contribution >= 4 is 54.7 Å². The van der Waals surface area contributed by atoms with E-state index in [0.717, 1.165) is 74.9 Å². The van der Waals surface area contributed by atoms with Gasteiger partial charge < -0.3 is 29.9 Å². The first-order valence-electron chi connectivity index (χ1n) is 15.6. The fourth-order valence-electron chi connectivity index (χ4n) is 6.04. The summed E-state index contributed by atoms with van der Waals surface area (Å²) in [6.07, 6.45) is 8.16. The number of anilines is 1. The van der Waals surface area contributed by atoms with Crippen molar-refractivity contribution in [2.24, 2.45) is 11.8 Å². The van der Waals surface area contributed by atoms with Crippen LogP contribution in [0.4, 0.5) is 5.69 Å². The van der Waals surface area contributed by atoms with E-state index in [1.165, 1.54) is 0 Å². The lowest BCUT2D eigenvalue weighted by molar-refractivity contribution is -0.132. The van der Waals surface area contributed by atoms with Crippen LogP contribution >= 0.6 is 37.2 Å². The lowest BCUT2D eigenvalue weighted by Gasteiger charge is -2.37. The summed E-state index contributed by atoms with van der Waals surface area (Å²) in [6.45, 7) is 8.24. The van der Waals surface area contributed by atoms with E-state index < -0.39 is 0 Å². The molecule has 1 aromatic carbocycles. The molecule has 2 amide bonds. The third kappa shape index (κ3) is 11.9. The summed E-state index contributed by atoms with van der Waals surface area (Å²) in [7, 11) is 2.08. The van der Waals surface area contributed by atoms with Gasteiger partial charge in [0.05, 0.1) is 19.8 Å². The van der Waals surface area contributed by atoms with Gasteiger partial charge in [0.2, 0.25) is 11.8 Å². The zero-order valence-corrected chi connectivity index (χ0v) is 29.1. The third-order valence-electron chi connectivity index (χ3n) is 8.69. The second-order valence-electron chi connectivity index (χ2n) is 11.7. The number of fused-ring (bicyclic) bond motifs is 3. The quantitative estimate of drug-likeness (QED) is 0.385. The van der Waals surface area contributed by atoms with Crippen LogP contribution in [-0.2, 0) is 27.3 Å². The minimum absolute atomic E-state index is 0. The lowest BCUT2D eigenvalue weighted by Crippen LogP contribution is -2.47. The van der Waals surface area contributed by atoms with Gasteiger partial charge >= 0.3 is 0 Å². The minimum Gasteiger partial charge on any atom is -0.489 e. The Morgan fingerprint density at radius 2 is 1.93 bits per heavy atom. The molecule has 46 heavy (non-hydrogen) atoms. The van der Waals surface area contributed by atoms with E-state index in [-0.39, 0.29) is 67.4 Å². The first-order valence-corrected chi connectivity index (χ1v) is 15.6. The van der Waals surface area contributed by atoms with Gasteiger partial charge in [-0.2, -0.15) is 0 Å². The van der Waals surface area contributed by atoms with Crippen LogP contribution in [0.5, 0.6) is 5.75 Å². The SMILES string of the molecule is CN(CCc1ccccn1)c1ccc2c(c1)CNCC(=O)N1CC[C@@H](CC(=O)NCCN3CCOCC3)[C@@H](C=CCO2)C1.Cl.Cl.Cl. The van der Waals surface area contributed by atoms with E-state index in [2.05, 4.69) is 50.7 Å². The second-order valence-corrected chi connectivity index (χ2v) is 11.7. The summed E-state index contributed by atoms with van der Waals surface area (Å²) >= 11 is 0. The Morgan fingerprint density at radius 3 is 2.72 bits per heavy atom. The average molecular weight is 700 g/mol. The monoisotopic (exact) mass is 698 g/mol. The van der Waals surface area contributed by atoms with Crippen molar-refractivity contribution in [1.29, 1.82) is 0 Å². The van der Waals surface area contributed by atoms with Gasteiger partial charge in [0.25, 0.3) is 0 Å². The predicted octanol–water partition coefficient (Wildman–Crippen LogP) is 3.37. The number of piperidine rings is 1. The number of nitrogens with zero attached hydrogens (tertiary/aromatic N) is 4. The number of hydrogen-bond acceptors (Lipinski definition) is 8. The van der Waals surface area contributed by atoms with Crippen LogP contribution in [0.2, 0.25) is 0 Å². The average Bonchev–Trinajstić information content (AvgIpc) is 3.04. The molecule has 0 aliphatic carbocycles. The molecular formula is C33H49Cl3N6O4. The molecule has 0 unspecified atom stereocenters. The van der Waals surface area contributed by atoms with E-state index in [1.54, 1.807) is 0 Å². The number of carbonyl (C=O) groups excluding carboxylic acids is 2. The molecule has 0 saturated carbocycles. The topological polar surface area (TPSA) is 99.3 Å². The second kappa shape index (κ2) is 20.6. The molecule has 3 aliphatic rings. The number of aromatic nitrogens is 1. The lowest BCUT2D eigenvalue weighted by atomic mass is 9.82. The number of benzene rings is 1. The molecule has 2 aromatic rings. The van der Waals surface area contributed by atoms with Crippen LogP contribution in [0.25, 0.3) is 0 Å². The number of ether oxygens (including phenoxy) is 2. The van der Waals surface area contributed by atoms with E-state index >= 15 is 0 Å². The fraction of sp³-hybridized carbons (Fsp3) is 0.545. The van der Waals surface area contributed by atoms with Crippen LogP contribution in [0.15, 0.2) is 54.7 Å². The molecule has 2 bridgehead atoms. The summed E-state index contributed by atoms with van der Waals surface area (Å²) < 4.78 is 11.6. The fourth-order valence-corrected chi connectivity index (χ4v) is 6.04. The van der Waals surface area contributed by atoms with Crippen LogP contribution in [0.1, 0.15) is 24.1 Å². The van der Waals surface area contributed by atoms with Gasteiger partial charge in [-0.3, -0.25) is 19.5 Å². The summed E-state index contributed by atoms with van der Waals surface area (Å²) in [5.41, 5.74) is 3.18. The summed E-state index contributed by atoms with van der Waals surface area (Å²) in [6, 6.07) is 12.2. The molecule has 2 atom stereocenters. The highest BCUT2D eigenvalue weighted by atomic mass is 35.5. The van der Waals surface area contributed by atoms with Gasteiger partial charge in [-0.25, -0.2) is 0 Å². The smallest absolute Gasteiger partial charge is 0.236 e. The zero-order valence-electron chi connectivity index (χ0n) is 26.6. The van der Waals surface area contributed by atoms with Crippen molar-refractivity contribution in [2.75, 3.05) is 84.1 Å². The highest BCUT2D eigenvalue weighted by Gasteiger charge is 2.31. The Morgan fingerprint density at radius 1 is 1.11 bits per heavy atom. The number of carbonyl (C=O) groups is 2. The van der Waals surface area contributed by atoms with Crippen LogP contribution in [0.3, 0.4) is 0 Å². The van der Waals surface area contributed by atoms with Gasteiger partial charge in [-0.05, 0) is 48.6 Å². The van der Waals surface area contributed by atoms with Gasteiger partial charge in [0, 0.05) is 95.4 Å². The molecule has 5 rings (SSSR count). The van der Waals surface area contributed by atoms with Gasteiger partial charge in [0.1, 0.15) is 12.4 Å². The van der Waals surface area contributed by atoms with E-state index in [1.807, 2.05) is 41.4 Å². The summed E-state index contributed by atoms with van der Waals surface area (Å²) in [4.78, 5) is 36.9. The highest BCUT2D eigenvalue weighted by molar-refractivity contribution is 5.86. The first kappa shape index (κ1) is 39.6. The Labute approximate surface area is 291 Å². The molecule has 10 nitrogen and oxygen atoms in total. The van der Waals surface area contributed by atoms with E-state index in [4.69, 9.17) is 9.47 Å². The number of halogens is 3. The standard InChI is InChI=1S/C33H46N6O4.3ClH/c1-37(13-10-29-6-2-3-11-35-29)30-7-8-31-28(21-30)23-34-24-33(41)39-14-9-26(27(25-39)5-4-18-43-31)22-32(40)36-12-15-38-16-19-42-20-17-38;;;/h2-8,11,21,26-27,34H,9-10,12-20,22-25H2,1H3,(H,36,40);3*1H/t26-,27-;;;/m0.../s1. The maximum atomic E-state index is 13.2. The molecule has 4 heterocycles. The predicted molar refractivity (Wildman–Crippen MR) is 189 cm³/mol. The molecule has 3 aliphatic heterocycles. The number of nitrogens with one attached hydrogen (secondary N) is 2. The van der Waals surface area contributed by atoms with Gasteiger partial charge in [-0.15, -0.1) is 37.2 Å². The van der Waals surface area contributed by atoms with Crippen LogP contribution < -0.4 is 20.3 Å². The summed E-state index contributed by atoms with van der Waals surface area (Å²) in [5, 5.41) is 6.46. The Hall–Kier alpha value is -2.60. The third-order valence-corrected chi connectivity index (χ3v) is 8.69. The van der Waals surface area contributed by atoms with Gasteiger partial charge in [-0.1, -0.05) is 18.2 Å². The number of amides is 2. The molecule has 2 saturated heterocycles. The molecular weight excluding hydrogens is 651 g/mol. The van der Waals surface area contributed by atoms with Crippen molar-refractivity contribution in [3.63, 3.8) is 0 Å². The molecule has 256 valence electrons. The molecule has 0 radical (unpaired) electrons. The van der Waals surface area contributed by atoms with Crippen molar-refractivity contribution in [3.8, 4) is 5.75 Å². The summed E-state index contributed by atoms with van der Waals surface area (Å²) in [5.74, 6) is 1.30. The maximum Gasteiger partial charge on any atom is 0.236 e. The minimum atomic E-state index is 0. The molecule has 0 spiro atoms. The van der Waals surface area contributed by atoms with E-state index in [0.29, 0.717) is 39.2 Å². The van der Waals surface area contributed by atoms with Crippen LogP contribution in [-0.4, -0.2) is 106 Å². The van der Waals surface area contributed by atoms with Crippen molar-refractivity contribution in [2.45, 2.75) is 25.8 Å². The molecule has 1 aromatic heterocycles. The first-order chi connectivity index (χ1) is 21.0. The maximum absolute atomic E-state index is 13.2. The molecule has 2 N–H and O–H groups in total. The number of likely N-dealkylation sites (N-methyl/N-ethyl adjacent to an activating group) is 1.